The van der Waals surface area contributed by atoms with E-state index in [-0.39, 0.29) is 0 Å². The number of para-hydroxylation sites is 6. The molecule has 0 atom stereocenters. The van der Waals surface area contributed by atoms with Crippen molar-refractivity contribution in [1.29, 1.82) is 0 Å². The van der Waals surface area contributed by atoms with Crippen molar-refractivity contribution in [3.05, 3.63) is 158 Å². The summed E-state index contributed by atoms with van der Waals surface area (Å²) in [5.41, 5.74) is 9.21. The number of rotatable bonds is 3. The van der Waals surface area contributed by atoms with Crippen LogP contribution in [0.4, 0.5) is 17.1 Å². The van der Waals surface area contributed by atoms with Crippen LogP contribution in [0.3, 0.4) is 0 Å². The van der Waals surface area contributed by atoms with Gasteiger partial charge in [0.15, 0.2) is 11.5 Å². The molecule has 3 heteroatoms. The number of hydrogen-bond acceptors (Lipinski definition) is 2. The average Bonchev–Trinajstić information content (AvgIpc) is 3.41. The van der Waals surface area contributed by atoms with E-state index in [4.69, 9.17) is 4.74 Å². The number of anilines is 3. The third-order valence-corrected chi connectivity index (χ3v) is 8.57. The Bertz CT molecular complexity index is 2290. The van der Waals surface area contributed by atoms with Gasteiger partial charge in [-0.1, -0.05) is 97.1 Å². The largest absolute Gasteiger partial charge is 0.453 e. The molecule has 1 aliphatic heterocycles. The second-order valence-corrected chi connectivity index (χ2v) is 11.0. The second kappa shape index (κ2) is 9.37. The molecule has 7 aromatic carbocycles. The molecule has 0 radical (unpaired) electrons. The van der Waals surface area contributed by atoms with Crippen molar-refractivity contribution >= 4 is 49.6 Å². The predicted octanol–water partition coefficient (Wildman–Crippen LogP) is 11.2. The topological polar surface area (TPSA) is 17.4 Å². The molecule has 1 aliphatic rings. The van der Waals surface area contributed by atoms with Crippen molar-refractivity contribution in [2.24, 2.45) is 0 Å². The van der Waals surface area contributed by atoms with Crippen molar-refractivity contribution in [3.63, 3.8) is 0 Å². The Hall–Kier alpha value is -5.80. The quantitative estimate of drug-likeness (QED) is 0.218. The van der Waals surface area contributed by atoms with E-state index in [1.807, 2.05) is 24.3 Å². The minimum absolute atomic E-state index is 0.856. The molecule has 0 bridgehead atoms. The number of fused-ring (bicyclic) bond motifs is 6. The lowest BCUT2D eigenvalue weighted by atomic mass is 9.95. The Labute approximate surface area is 249 Å². The van der Waals surface area contributed by atoms with Crippen LogP contribution in [-0.2, 0) is 0 Å². The lowest BCUT2D eigenvalue weighted by Crippen LogP contribution is -2.16. The first-order chi connectivity index (χ1) is 21.3. The van der Waals surface area contributed by atoms with E-state index in [1.54, 1.807) is 0 Å². The second-order valence-electron chi connectivity index (χ2n) is 11.0. The fourth-order valence-corrected chi connectivity index (χ4v) is 6.69. The number of aromatic nitrogens is 1. The lowest BCUT2D eigenvalue weighted by molar-refractivity contribution is 0.477. The van der Waals surface area contributed by atoms with Crippen molar-refractivity contribution in [2.75, 3.05) is 4.90 Å². The van der Waals surface area contributed by atoms with Gasteiger partial charge in [0, 0.05) is 21.8 Å². The summed E-state index contributed by atoms with van der Waals surface area (Å²) >= 11 is 0. The Morgan fingerprint density at radius 2 is 1.00 bits per heavy atom. The summed E-state index contributed by atoms with van der Waals surface area (Å²) in [4.78, 5) is 2.33. The molecule has 0 saturated heterocycles. The molecule has 0 N–H and O–H groups in total. The first kappa shape index (κ1) is 23.9. The van der Waals surface area contributed by atoms with Gasteiger partial charge in [-0.25, -0.2) is 0 Å². The normalized spacial score (nSPS) is 12.3. The standard InChI is InChI=1S/C40H26N2O/c1-2-12-28(13-3-1)41-34-17-7-6-16-32(34)33-26-27(22-24-36(33)41)29-23-25-35(31-15-5-4-14-30(29)31)42-37-18-8-10-20-39(37)43-40-21-11-9-19-38(40)42/h1-26H. The molecular weight excluding hydrogens is 524 g/mol. The summed E-state index contributed by atoms with van der Waals surface area (Å²) in [6.45, 7) is 0. The Kier molecular flexibility index (Phi) is 5.20. The molecule has 3 nitrogen and oxygen atoms in total. The zero-order valence-electron chi connectivity index (χ0n) is 23.3. The van der Waals surface area contributed by atoms with Crippen molar-refractivity contribution in [2.45, 2.75) is 0 Å². The molecule has 202 valence electrons. The fraction of sp³-hybridized carbons (Fsp3) is 0. The maximum atomic E-state index is 6.30. The van der Waals surface area contributed by atoms with Crippen LogP contribution in [-0.4, -0.2) is 4.57 Å². The molecule has 1 aromatic heterocycles. The van der Waals surface area contributed by atoms with E-state index in [0.29, 0.717) is 0 Å². The molecule has 0 fully saturated rings. The molecule has 0 amide bonds. The van der Waals surface area contributed by atoms with Gasteiger partial charge in [-0.2, -0.15) is 0 Å². The highest BCUT2D eigenvalue weighted by molar-refractivity contribution is 6.12. The van der Waals surface area contributed by atoms with E-state index < -0.39 is 0 Å². The van der Waals surface area contributed by atoms with E-state index in [0.717, 1.165) is 28.6 Å². The van der Waals surface area contributed by atoms with Gasteiger partial charge in [0.05, 0.1) is 28.1 Å². The molecular formula is C40H26N2O. The van der Waals surface area contributed by atoms with E-state index in [2.05, 4.69) is 143 Å². The summed E-state index contributed by atoms with van der Waals surface area (Å²) in [7, 11) is 0. The van der Waals surface area contributed by atoms with Crippen LogP contribution in [0.5, 0.6) is 11.5 Å². The fourth-order valence-electron chi connectivity index (χ4n) is 6.69. The first-order valence-electron chi connectivity index (χ1n) is 14.6. The lowest BCUT2D eigenvalue weighted by Gasteiger charge is -2.33. The van der Waals surface area contributed by atoms with Gasteiger partial charge in [0.25, 0.3) is 0 Å². The van der Waals surface area contributed by atoms with Gasteiger partial charge in [-0.3, -0.25) is 0 Å². The predicted molar refractivity (Wildman–Crippen MR) is 178 cm³/mol. The minimum atomic E-state index is 0.856. The maximum Gasteiger partial charge on any atom is 0.151 e. The Balaban J connectivity index is 1.26. The smallest absolute Gasteiger partial charge is 0.151 e. The molecule has 8 aromatic rings. The first-order valence-corrected chi connectivity index (χ1v) is 14.6. The molecule has 0 aliphatic carbocycles. The molecule has 2 heterocycles. The Morgan fingerprint density at radius 1 is 0.395 bits per heavy atom. The van der Waals surface area contributed by atoms with Crippen molar-refractivity contribution in [1.82, 2.24) is 4.57 Å². The third kappa shape index (κ3) is 3.62. The highest BCUT2D eigenvalue weighted by Gasteiger charge is 2.27. The average molecular weight is 551 g/mol. The molecule has 0 spiro atoms. The van der Waals surface area contributed by atoms with Crippen LogP contribution < -0.4 is 9.64 Å². The summed E-state index contributed by atoms with van der Waals surface area (Å²) in [6, 6.07) is 56.0. The molecule has 43 heavy (non-hydrogen) atoms. The minimum Gasteiger partial charge on any atom is -0.453 e. The highest BCUT2D eigenvalue weighted by atomic mass is 16.5. The molecule has 0 unspecified atom stereocenters. The summed E-state index contributed by atoms with van der Waals surface area (Å²) in [6.07, 6.45) is 0. The van der Waals surface area contributed by atoms with Crippen LogP contribution in [0.1, 0.15) is 0 Å². The van der Waals surface area contributed by atoms with Gasteiger partial charge in [0.1, 0.15) is 0 Å². The van der Waals surface area contributed by atoms with E-state index in [1.165, 1.54) is 49.4 Å². The van der Waals surface area contributed by atoms with Gasteiger partial charge in [-0.05, 0) is 77.2 Å². The number of benzene rings is 7. The van der Waals surface area contributed by atoms with Gasteiger partial charge >= 0.3 is 0 Å². The highest BCUT2D eigenvalue weighted by Crippen LogP contribution is 2.52. The molecule has 9 rings (SSSR count). The SMILES string of the molecule is c1ccc(-n2c3ccccc3c3cc(-c4ccc(N5c6ccccc6Oc6ccccc65)c5ccccc45)ccc32)cc1. The summed E-state index contributed by atoms with van der Waals surface area (Å²) < 4.78 is 8.66. The zero-order valence-corrected chi connectivity index (χ0v) is 23.3. The summed E-state index contributed by atoms with van der Waals surface area (Å²) in [5, 5.41) is 4.91. The van der Waals surface area contributed by atoms with Crippen LogP contribution >= 0.6 is 0 Å². The van der Waals surface area contributed by atoms with E-state index in [9.17, 15) is 0 Å². The maximum absolute atomic E-state index is 6.30. The van der Waals surface area contributed by atoms with Gasteiger partial charge < -0.3 is 14.2 Å². The molecule has 0 saturated carbocycles. The van der Waals surface area contributed by atoms with Crippen LogP contribution in [0.25, 0.3) is 49.4 Å². The third-order valence-electron chi connectivity index (χ3n) is 8.57. The van der Waals surface area contributed by atoms with Crippen LogP contribution in [0.15, 0.2) is 158 Å². The van der Waals surface area contributed by atoms with Crippen molar-refractivity contribution in [3.8, 4) is 28.3 Å². The van der Waals surface area contributed by atoms with Gasteiger partial charge in [-0.15, -0.1) is 0 Å². The summed E-state index contributed by atoms with van der Waals surface area (Å²) in [5.74, 6) is 1.71. The van der Waals surface area contributed by atoms with E-state index >= 15 is 0 Å². The monoisotopic (exact) mass is 550 g/mol. The number of nitrogens with zero attached hydrogens (tertiary/aromatic N) is 2. The Morgan fingerprint density at radius 3 is 1.77 bits per heavy atom. The van der Waals surface area contributed by atoms with Crippen LogP contribution in [0, 0.1) is 0 Å². The van der Waals surface area contributed by atoms with Gasteiger partial charge in [0.2, 0.25) is 0 Å². The zero-order chi connectivity index (χ0) is 28.3. The number of ether oxygens (including phenoxy) is 1. The van der Waals surface area contributed by atoms with Crippen molar-refractivity contribution < 1.29 is 4.74 Å². The number of hydrogen-bond donors (Lipinski definition) is 0. The van der Waals surface area contributed by atoms with Crippen LogP contribution in [0.2, 0.25) is 0 Å².